The van der Waals surface area contributed by atoms with Crippen molar-refractivity contribution in [1.29, 1.82) is 0 Å². The lowest BCUT2D eigenvalue weighted by Gasteiger charge is -2.43. The number of halogens is 1. The second kappa shape index (κ2) is 5.19. The number of nitrogens with one attached hydrogen (secondary N) is 1. The lowest BCUT2D eigenvalue weighted by atomic mass is 9.71. The van der Waals surface area contributed by atoms with Crippen molar-refractivity contribution in [2.45, 2.75) is 30.9 Å². The summed E-state index contributed by atoms with van der Waals surface area (Å²) < 4.78 is 19.0. The fourth-order valence-electron chi connectivity index (χ4n) is 3.20. The van der Waals surface area contributed by atoms with Crippen LogP contribution >= 0.6 is 0 Å². The fraction of sp³-hybridized carbons (Fsp3) is 0.500. The van der Waals surface area contributed by atoms with E-state index in [4.69, 9.17) is 4.42 Å². The van der Waals surface area contributed by atoms with Crippen LogP contribution in [-0.4, -0.2) is 24.9 Å². The third-order valence-corrected chi connectivity index (χ3v) is 4.61. The molecule has 1 fully saturated rings. The van der Waals surface area contributed by atoms with Gasteiger partial charge in [0.2, 0.25) is 0 Å². The standard InChI is InChI=1S/C16H20FNO2/c1-18-15(12-3-2-4-12)16(19,10-17)13-6-5-11-7-8-20-14(11)9-13/h5-9,12,15,18-19H,2-4,10H2,1H3. The van der Waals surface area contributed by atoms with Crippen molar-refractivity contribution in [2.75, 3.05) is 13.7 Å². The van der Waals surface area contributed by atoms with Crippen LogP contribution in [0.2, 0.25) is 0 Å². The number of rotatable bonds is 5. The number of aliphatic hydroxyl groups is 1. The number of benzene rings is 1. The third kappa shape index (κ3) is 2.03. The van der Waals surface area contributed by atoms with E-state index < -0.39 is 12.3 Å². The van der Waals surface area contributed by atoms with Gasteiger partial charge in [-0.15, -0.1) is 0 Å². The fourth-order valence-corrected chi connectivity index (χ4v) is 3.20. The molecule has 0 spiro atoms. The molecule has 0 saturated heterocycles. The van der Waals surface area contributed by atoms with Crippen LogP contribution in [-0.2, 0) is 5.60 Å². The van der Waals surface area contributed by atoms with Gasteiger partial charge in [0.1, 0.15) is 17.9 Å². The van der Waals surface area contributed by atoms with Crippen LogP contribution in [0.1, 0.15) is 24.8 Å². The van der Waals surface area contributed by atoms with Gasteiger partial charge in [0.25, 0.3) is 0 Å². The minimum absolute atomic E-state index is 0.270. The molecule has 0 radical (unpaired) electrons. The Bertz CT molecular complexity index is 593. The van der Waals surface area contributed by atoms with Gasteiger partial charge in [-0.2, -0.15) is 0 Å². The lowest BCUT2D eigenvalue weighted by molar-refractivity contribution is -0.0531. The summed E-state index contributed by atoms with van der Waals surface area (Å²) in [6, 6.07) is 6.99. The summed E-state index contributed by atoms with van der Waals surface area (Å²) in [4.78, 5) is 0. The molecule has 4 heteroatoms. The molecule has 0 aliphatic heterocycles. The van der Waals surface area contributed by atoms with Crippen LogP contribution in [0.3, 0.4) is 0 Å². The van der Waals surface area contributed by atoms with Gasteiger partial charge < -0.3 is 14.8 Å². The molecular formula is C16H20FNO2. The summed E-state index contributed by atoms with van der Waals surface area (Å²) in [6.07, 6.45) is 4.83. The van der Waals surface area contributed by atoms with Crippen LogP contribution in [0.4, 0.5) is 4.39 Å². The van der Waals surface area contributed by atoms with E-state index in [-0.39, 0.29) is 6.04 Å². The molecule has 3 rings (SSSR count). The van der Waals surface area contributed by atoms with Crippen molar-refractivity contribution in [3.63, 3.8) is 0 Å². The number of hydrogen-bond donors (Lipinski definition) is 2. The molecule has 1 heterocycles. The van der Waals surface area contributed by atoms with Crippen molar-refractivity contribution >= 4 is 11.0 Å². The molecule has 2 unspecified atom stereocenters. The van der Waals surface area contributed by atoms with E-state index in [0.29, 0.717) is 17.1 Å². The Hall–Kier alpha value is -1.39. The topological polar surface area (TPSA) is 45.4 Å². The lowest BCUT2D eigenvalue weighted by Crippen LogP contribution is -2.54. The summed E-state index contributed by atoms with van der Waals surface area (Å²) in [6.45, 7) is -0.804. The molecule has 2 atom stereocenters. The van der Waals surface area contributed by atoms with E-state index >= 15 is 0 Å². The molecule has 2 aromatic rings. The van der Waals surface area contributed by atoms with Crippen LogP contribution in [0, 0.1) is 5.92 Å². The van der Waals surface area contributed by atoms with Gasteiger partial charge in [-0.3, -0.25) is 0 Å². The maximum Gasteiger partial charge on any atom is 0.134 e. The molecule has 1 saturated carbocycles. The molecule has 2 N–H and O–H groups in total. The highest BCUT2D eigenvalue weighted by molar-refractivity contribution is 5.77. The smallest absolute Gasteiger partial charge is 0.134 e. The second-order valence-corrected chi connectivity index (χ2v) is 5.69. The number of likely N-dealkylation sites (N-methyl/N-ethyl adjacent to an activating group) is 1. The zero-order chi connectivity index (χ0) is 14.2. The second-order valence-electron chi connectivity index (χ2n) is 5.69. The highest BCUT2D eigenvalue weighted by atomic mass is 19.1. The molecule has 1 aliphatic rings. The molecule has 20 heavy (non-hydrogen) atoms. The van der Waals surface area contributed by atoms with E-state index in [1.165, 1.54) is 0 Å². The molecule has 1 aliphatic carbocycles. The molecule has 0 bridgehead atoms. The maximum atomic E-state index is 13.7. The highest BCUT2D eigenvalue weighted by Gasteiger charge is 2.44. The maximum absolute atomic E-state index is 13.7. The molecule has 108 valence electrons. The number of hydrogen-bond acceptors (Lipinski definition) is 3. The molecular weight excluding hydrogens is 257 g/mol. The van der Waals surface area contributed by atoms with Crippen LogP contribution in [0.25, 0.3) is 11.0 Å². The monoisotopic (exact) mass is 277 g/mol. The molecule has 1 aromatic carbocycles. The summed E-state index contributed by atoms with van der Waals surface area (Å²) >= 11 is 0. The Kier molecular flexibility index (Phi) is 3.52. The Balaban J connectivity index is 2.00. The number of furan rings is 1. The van der Waals surface area contributed by atoms with E-state index in [1.54, 1.807) is 25.4 Å². The van der Waals surface area contributed by atoms with Crippen LogP contribution < -0.4 is 5.32 Å². The first-order valence-electron chi connectivity index (χ1n) is 7.12. The summed E-state index contributed by atoms with van der Waals surface area (Å²) in [7, 11) is 1.79. The number of alkyl halides is 1. The predicted molar refractivity (Wildman–Crippen MR) is 76.3 cm³/mol. The Labute approximate surface area is 117 Å². The van der Waals surface area contributed by atoms with Gasteiger partial charge in [-0.05, 0) is 43.5 Å². The zero-order valence-electron chi connectivity index (χ0n) is 11.6. The first-order valence-corrected chi connectivity index (χ1v) is 7.12. The van der Waals surface area contributed by atoms with E-state index in [1.807, 2.05) is 12.1 Å². The van der Waals surface area contributed by atoms with Crippen molar-refractivity contribution in [2.24, 2.45) is 5.92 Å². The highest BCUT2D eigenvalue weighted by Crippen LogP contribution is 2.39. The number of fused-ring (bicyclic) bond motifs is 1. The quantitative estimate of drug-likeness (QED) is 0.883. The van der Waals surface area contributed by atoms with Crippen LogP contribution in [0.5, 0.6) is 0 Å². The van der Waals surface area contributed by atoms with Gasteiger partial charge in [-0.1, -0.05) is 18.6 Å². The average molecular weight is 277 g/mol. The van der Waals surface area contributed by atoms with Crippen molar-refractivity contribution in [3.8, 4) is 0 Å². The summed E-state index contributed by atoms with van der Waals surface area (Å²) in [5, 5.41) is 15.0. The Morgan fingerprint density at radius 2 is 2.25 bits per heavy atom. The van der Waals surface area contributed by atoms with Gasteiger partial charge in [-0.25, -0.2) is 4.39 Å². The van der Waals surface area contributed by atoms with Gasteiger partial charge in [0, 0.05) is 11.4 Å². The van der Waals surface area contributed by atoms with Gasteiger partial charge in [0.15, 0.2) is 0 Å². The van der Waals surface area contributed by atoms with E-state index in [9.17, 15) is 9.50 Å². The molecule has 0 amide bonds. The summed E-state index contributed by atoms with van der Waals surface area (Å²) in [5.41, 5.74) is -0.243. The van der Waals surface area contributed by atoms with E-state index in [0.717, 1.165) is 24.6 Å². The Morgan fingerprint density at radius 1 is 1.45 bits per heavy atom. The minimum Gasteiger partial charge on any atom is -0.464 e. The minimum atomic E-state index is -1.50. The van der Waals surface area contributed by atoms with Crippen molar-refractivity contribution in [1.82, 2.24) is 5.32 Å². The van der Waals surface area contributed by atoms with Crippen LogP contribution in [0.15, 0.2) is 34.9 Å². The summed E-state index contributed by atoms with van der Waals surface area (Å²) in [5.74, 6) is 0.327. The molecule has 3 nitrogen and oxygen atoms in total. The average Bonchev–Trinajstić information content (AvgIpc) is 2.89. The predicted octanol–water partition coefficient (Wildman–Crippen LogP) is 2.98. The largest absolute Gasteiger partial charge is 0.464 e. The van der Waals surface area contributed by atoms with Gasteiger partial charge in [0.05, 0.1) is 6.26 Å². The zero-order valence-corrected chi connectivity index (χ0v) is 11.6. The SMILES string of the molecule is CNC(C1CCC1)C(O)(CF)c1ccc2ccoc2c1. The third-order valence-electron chi connectivity index (χ3n) is 4.61. The van der Waals surface area contributed by atoms with E-state index in [2.05, 4.69) is 5.32 Å². The Morgan fingerprint density at radius 3 is 2.85 bits per heavy atom. The van der Waals surface area contributed by atoms with Crippen molar-refractivity contribution in [3.05, 3.63) is 36.1 Å². The van der Waals surface area contributed by atoms with Gasteiger partial charge >= 0.3 is 0 Å². The first kappa shape index (κ1) is 13.6. The normalized spacial score (nSPS) is 20.6. The molecule has 1 aromatic heterocycles. The first-order chi connectivity index (χ1) is 9.69. The van der Waals surface area contributed by atoms with Crippen molar-refractivity contribution < 1.29 is 13.9 Å².